The SMILES string of the molecule is COC[C@H](C)C(=O)N[C@@H](CC(C)C)C(=O)[C@@]1(C)CO1. The van der Waals surface area contributed by atoms with Crippen molar-refractivity contribution in [2.24, 2.45) is 11.8 Å². The fourth-order valence-electron chi connectivity index (χ4n) is 1.96. The molecule has 5 nitrogen and oxygen atoms in total. The number of carbonyl (C=O) groups is 2. The van der Waals surface area contributed by atoms with Gasteiger partial charge < -0.3 is 14.8 Å². The molecule has 0 aromatic rings. The first-order chi connectivity index (χ1) is 8.80. The van der Waals surface area contributed by atoms with Crippen LogP contribution in [0.3, 0.4) is 0 Å². The van der Waals surface area contributed by atoms with Gasteiger partial charge in [-0.1, -0.05) is 20.8 Å². The third kappa shape index (κ3) is 4.58. The van der Waals surface area contributed by atoms with Gasteiger partial charge in [0.05, 0.1) is 25.2 Å². The number of hydrogen-bond acceptors (Lipinski definition) is 4. The second-order valence-electron chi connectivity index (χ2n) is 5.93. The summed E-state index contributed by atoms with van der Waals surface area (Å²) in [4.78, 5) is 24.3. The molecular weight excluding hydrogens is 246 g/mol. The minimum atomic E-state index is -0.697. The van der Waals surface area contributed by atoms with E-state index in [1.165, 1.54) is 0 Å². The van der Waals surface area contributed by atoms with Crippen LogP contribution in [0.1, 0.15) is 34.1 Å². The zero-order valence-electron chi connectivity index (χ0n) is 12.5. The number of rotatable bonds is 8. The van der Waals surface area contributed by atoms with Crippen LogP contribution in [-0.4, -0.2) is 43.7 Å². The number of amides is 1. The Balaban J connectivity index is 2.64. The molecule has 0 bridgehead atoms. The summed E-state index contributed by atoms with van der Waals surface area (Å²) in [5.74, 6) is -0.112. The molecule has 0 spiro atoms. The fourth-order valence-corrected chi connectivity index (χ4v) is 1.96. The van der Waals surface area contributed by atoms with Gasteiger partial charge in [-0.2, -0.15) is 0 Å². The topological polar surface area (TPSA) is 67.9 Å². The molecule has 1 N–H and O–H groups in total. The van der Waals surface area contributed by atoms with Gasteiger partial charge in [-0.15, -0.1) is 0 Å². The average Bonchev–Trinajstić information content (AvgIpc) is 3.06. The third-order valence-corrected chi connectivity index (χ3v) is 3.30. The summed E-state index contributed by atoms with van der Waals surface area (Å²) in [6, 6.07) is -0.473. The van der Waals surface area contributed by atoms with E-state index in [2.05, 4.69) is 5.32 Å². The maximum Gasteiger partial charge on any atom is 0.225 e. The van der Waals surface area contributed by atoms with Crippen LogP contribution >= 0.6 is 0 Å². The van der Waals surface area contributed by atoms with Crippen molar-refractivity contribution >= 4 is 11.7 Å². The zero-order valence-corrected chi connectivity index (χ0v) is 12.5. The van der Waals surface area contributed by atoms with E-state index in [4.69, 9.17) is 9.47 Å². The van der Waals surface area contributed by atoms with Crippen molar-refractivity contribution in [3.63, 3.8) is 0 Å². The Labute approximate surface area is 115 Å². The first-order valence-corrected chi connectivity index (χ1v) is 6.77. The standard InChI is InChI=1S/C14H25NO4/c1-9(2)6-11(12(16)14(4)8-19-14)15-13(17)10(3)7-18-5/h9-11H,6-8H2,1-5H3,(H,15,17)/t10-,11-,14+/m0/s1. The highest BCUT2D eigenvalue weighted by Gasteiger charge is 2.50. The average molecular weight is 271 g/mol. The van der Waals surface area contributed by atoms with E-state index >= 15 is 0 Å². The van der Waals surface area contributed by atoms with Crippen LogP contribution < -0.4 is 5.32 Å². The number of methoxy groups -OCH3 is 1. The van der Waals surface area contributed by atoms with Crippen LogP contribution in [0.5, 0.6) is 0 Å². The number of ketones is 1. The maximum absolute atomic E-state index is 12.3. The molecule has 1 aliphatic heterocycles. The van der Waals surface area contributed by atoms with Crippen molar-refractivity contribution in [3.8, 4) is 0 Å². The molecule has 1 saturated heterocycles. The van der Waals surface area contributed by atoms with E-state index in [1.54, 1.807) is 21.0 Å². The van der Waals surface area contributed by atoms with E-state index in [0.29, 0.717) is 25.6 Å². The Bertz CT molecular complexity index is 336. The Morgan fingerprint density at radius 3 is 2.37 bits per heavy atom. The second kappa shape index (κ2) is 6.48. The molecule has 0 aliphatic carbocycles. The third-order valence-electron chi connectivity index (χ3n) is 3.30. The normalized spacial score (nSPS) is 24.9. The molecule has 3 atom stereocenters. The van der Waals surface area contributed by atoms with Crippen molar-refractivity contribution in [3.05, 3.63) is 0 Å². The van der Waals surface area contributed by atoms with Crippen LogP contribution in [0.25, 0.3) is 0 Å². The molecule has 5 heteroatoms. The van der Waals surface area contributed by atoms with Crippen molar-refractivity contribution < 1.29 is 19.1 Å². The second-order valence-corrected chi connectivity index (χ2v) is 5.93. The summed E-state index contributed by atoms with van der Waals surface area (Å²) in [5, 5.41) is 2.83. The highest BCUT2D eigenvalue weighted by atomic mass is 16.6. The van der Waals surface area contributed by atoms with Gasteiger partial charge in [-0.25, -0.2) is 0 Å². The van der Waals surface area contributed by atoms with Crippen molar-refractivity contribution in [1.29, 1.82) is 0 Å². The molecule has 0 radical (unpaired) electrons. The van der Waals surface area contributed by atoms with Crippen molar-refractivity contribution in [2.75, 3.05) is 20.3 Å². The molecule has 0 aromatic heterocycles. The number of carbonyl (C=O) groups excluding carboxylic acids is 2. The van der Waals surface area contributed by atoms with E-state index in [9.17, 15) is 9.59 Å². The first-order valence-electron chi connectivity index (χ1n) is 6.77. The molecule has 0 aromatic carbocycles. The smallest absolute Gasteiger partial charge is 0.225 e. The molecule has 1 fully saturated rings. The predicted molar refractivity (Wildman–Crippen MR) is 71.8 cm³/mol. The van der Waals surface area contributed by atoms with Gasteiger partial charge in [0.2, 0.25) is 5.91 Å². The first kappa shape index (κ1) is 16.1. The Morgan fingerprint density at radius 1 is 1.37 bits per heavy atom. The molecule has 19 heavy (non-hydrogen) atoms. The molecular formula is C14H25NO4. The summed E-state index contributed by atoms with van der Waals surface area (Å²) < 4.78 is 10.1. The van der Waals surface area contributed by atoms with Crippen LogP contribution in [0.15, 0.2) is 0 Å². The minimum Gasteiger partial charge on any atom is -0.384 e. The lowest BCUT2D eigenvalue weighted by Crippen LogP contribution is -2.48. The van der Waals surface area contributed by atoms with Gasteiger partial charge >= 0.3 is 0 Å². The van der Waals surface area contributed by atoms with Crippen LogP contribution in [-0.2, 0) is 19.1 Å². The van der Waals surface area contributed by atoms with Gasteiger partial charge in [0.25, 0.3) is 0 Å². The van der Waals surface area contributed by atoms with E-state index in [0.717, 1.165) is 0 Å². The molecule has 0 saturated carbocycles. The summed E-state index contributed by atoms with van der Waals surface area (Å²) in [5.41, 5.74) is -0.697. The fraction of sp³-hybridized carbons (Fsp3) is 0.857. The van der Waals surface area contributed by atoms with E-state index < -0.39 is 11.6 Å². The highest BCUT2D eigenvalue weighted by molar-refractivity contribution is 5.96. The van der Waals surface area contributed by atoms with E-state index in [-0.39, 0.29) is 17.6 Å². The van der Waals surface area contributed by atoms with Gasteiger partial charge in [-0.05, 0) is 19.3 Å². The Hall–Kier alpha value is -0.940. The van der Waals surface area contributed by atoms with Crippen LogP contribution in [0, 0.1) is 11.8 Å². The summed E-state index contributed by atoms with van der Waals surface area (Å²) in [6.07, 6.45) is 0.628. The van der Waals surface area contributed by atoms with Crippen molar-refractivity contribution in [2.45, 2.75) is 45.8 Å². The lowest BCUT2D eigenvalue weighted by molar-refractivity contribution is -0.133. The summed E-state index contributed by atoms with van der Waals surface area (Å²) in [7, 11) is 1.56. The lowest BCUT2D eigenvalue weighted by atomic mass is 9.93. The summed E-state index contributed by atoms with van der Waals surface area (Å²) >= 11 is 0. The van der Waals surface area contributed by atoms with Gasteiger partial charge in [0.15, 0.2) is 5.78 Å². The molecule has 1 aliphatic rings. The molecule has 1 rings (SSSR count). The number of epoxide rings is 1. The Kier molecular flexibility index (Phi) is 5.50. The largest absolute Gasteiger partial charge is 0.384 e. The van der Waals surface area contributed by atoms with Crippen LogP contribution in [0.2, 0.25) is 0 Å². The van der Waals surface area contributed by atoms with Gasteiger partial charge in [-0.3, -0.25) is 9.59 Å². The molecule has 1 heterocycles. The lowest BCUT2D eigenvalue weighted by Gasteiger charge is -2.23. The monoisotopic (exact) mass is 271 g/mol. The zero-order chi connectivity index (χ0) is 14.6. The van der Waals surface area contributed by atoms with E-state index in [1.807, 2.05) is 13.8 Å². The Morgan fingerprint density at radius 2 is 1.95 bits per heavy atom. The predicted octanol–water partition coefficient (Wildman–Crippen LogP) is 1.16. The highest BCUT2D eigenvalue weighted by Crippen LogP contribution is 2.29. The van der Waals surface area contributed by atoms with Gasteiger partial charge in [0, 0.05) is 7.11 Å². The number of nitrogens with one attached hydrogen (secondary N) is 1. The number of Topliss-reactive ketones (excluding diaryl/α,β-unsaturated/α-hetero) is 1. The molecule has 0 unspecified atom stereocenters. The summed E-state index contributed by atoms with van der Waals surface area (Å²) in [6.45, 7) is 8.41. The minimum absolute atomic E-state index is 0.0285. The number of ether oxygens (including phenoxy) is 2. The molecule has 110 valence electrons. The number of hydrogen-bond donors (Lipinski definition) is 1. The quantitative estimate of drug-likeness (QED) is 0.673. The van der Waals surface area contributed by atoms with Crippen LogP contribution in [0.4, 0.5) is 0 Å². The van der Waals surface area contributed by atoms with Crippen molar-refractivity contribution in [1.82, 2.24) is 5.32 Å². The van der Waals surface area contributed by atoms with Gasteiger partial charge in [0.1, 0.15) is 5.60 Å². The maximum atomic E-state index is 12.3. The molecule has 1 amide bonds.